The summed E-state index contributed by atoms with van der Waals surface area (Å²) in [6.07, 6.45) is 1.42. The van der Waals surface area contributed by atoms with Gasteiger partial charge in [0.2, 0.25) is 0 Å². The van der Waals surface area contributed by atoms with Gasteiger partial charge in [0, 0.05) is 12.1 Å². The molecule has 26 heavy (non-hydrogen) atoms. The first-order valence-electron chi connectivity index (χ1n) is 7.44. The lowest BCUT2D eigenvalue weighted by Crippen LogP contribution is -2.31. The average Bonchev–Trinajstić information content (AvgIpc) is 2.60. The van der Waals surface area contributed by atoms with Crippen LogP contribution in [0.15, 0.2) is 58.4 Å². The van der Waals surface area contributed by atoms with E-state index in [9.17, 15) is 18.5 Å². The predicted octanol–water partition coefficient (Wildman–Crippen LogP) is 4.06. The first kappa shape index (κ1) is 19.9. The summed E-state index contributed by atoms with van der Waals surface area (Å²) in [5.41, 5.74) is 0.630. The third kappa shape index (κ3) is 3.88. The first-order chi connectivity index (χ1) is 12.2. The minimum atomic E-state index is -3.97. The topological polar surface area (TPSA) is 89.8 Å². The summed E-state index contributed by atoms with van der Waals surface area (Å²) in [5, 5.41) is 11.1. The maximum atomic E-state index is 13.2. The highest BCUT2D eigenvalue weighted by Crippen LogP contribution is 2.33. The van der Waals surface area contributed by atoms with E-state index in [-0.39, 0.29) is 22.8 Å². The molecule has 0 aliphatic rings. The van der Waals surface area contributed by atoms with Crippen molar-refractivity contribution in [2.45, 2.75) is 11.8 Å². The molecular weight excluding hydrogens is 424 g/mol. The van der Waals surface area contributed by atoms with Crippen LogP contribution >= 0.6 is 15.9 Å². The Bertz CT molecular complexity index is 960. The standard InChI is InChI=1S/C17H17BrN2O5S/c1-4-9-19(16-10-13(20(21)22)6-5-12(16)2)26(23,24)14-7-8-17(25-3)15(18)11-14/h4-8,10-11H,1,9H2,2-3H3. The molecule has 0 aliphatic heterocycles. The highest BCUT2D eigenvalue weighted by atomic mass is 79.9. The molecule has 0 radical (unpaired) electrons. The maximum Gasteiger partial charge on any atom is 0.271 e. The molecule has 0 fully saturated rings. The van der Waals surface area contributed by atoms with E-state index in [0.29, 0.717) is 15.8 Å². The number of hydrogen-bond donors (Lipinski definition) is 0. The normalized spacial score (nSPS) is 11.0. The molecule has 0 unspecified atom stereocenters. The van der Waals surface area contributed by atoms with Crippen molar-refractivity contribution in [3.63, 3.8) is 0 Å². The molecule has 0 heterocycles. The molecule has 0 amide bonds. The summed E-state index contributed by atoms with van der Waals surface area (Å²) in [6.45, 7) is 5.25. The SMILES string of the molecule is C=CCN(c1cc([N+](=O)[O-])ccc1C)S(=O)(=O)c1ccc(OC)c(Br)c1. The number of hydrogen-bond acceptors (Lipinski definition) is 5. The number of ether oxygens (including phenoxy) is 1. The molecule has 0 saturated carbocycles. The molecule has 9 heteroatoms. The Labute approximate surface area is 160 Å². The zero-order chi connectivity index (χ0) is 19.5. The Hall–Kier alpha value is -2.39. The summed E-state index contributed by atoms with van der Waals surface area (Å²) < 4.78 is 33.0. The molecule has 0 bridgehead atoms. The van der Waals surface area contributed by atoms with Crippen LogP contribution in [0, 0.1) is 17.0 Å². The number of methoxy groups -OCH3 is 1. The number of halogens is 1. The van der Waals surface area contributed by atoms with Crippen molar-refractivity contribution in [2.24, 2.45) is 0 Å². The lowest BCUT2D eigenvalue weighted by atomic mass is 10.2. The van der Waals surface area contributed by atoms with E-state index < -0.39 is 14.9 Å². The van der Waals surface area contributed by atoms with Crippen molar-refractivity contribution in [2.75, 3.05) is 18.0 Å². The van der Waals surface area contributed by atoms with Gasteiger partial charge in [-0.15, -0.1) is 6.58 Å². The number of nitro groups is 1. The molecule has 0 atom stereocenters. The quantitative estimate of drug-likeness (QED) is 0.367. The molecule has 138 valence electrons. The van der Waals surface area contributed by atoms with Crippen LogP contribution in [0.5, 0.6) is 5.75 Å². The van der Waals surface area contributed by atoms with Gasteiger partial charge in [0.1, 0.15) is 5.75 Å². The lowest BCUT2D eigenvalue weighted by molar-refractivity contribution is -0.384. The lowest BCUT2D eigenvalue weighted by Gasteiger charge is -2.25. The Kier molecular flexibility index (Phi) is 6.04. The molecule has 0 spiro atoms. The summed E-state index contributed by atoms with van der Waals surface area (Å²) in [6, 6.07) is 8.47. The molecule has 0 aliphatic carbocycles. The van der Waals surface area contributed by atoms with Crippen molar-refractivity contribution in [3.8, 4) is 5.75 Å². The fraction of sp³-hybridized carbons (Fsp3) is 0.176. The van der Waals surface area contributed by atoms with Gasteiger partial charge in [-0.25, -0.2) is 8.42 Å². The van der Waals surface area contributed by atoms with Gasteiger partial charge < -0.3 is 4.74 Å². The first-order valence-corrected chi connectivity index (χ1v) is 9.68. The van der Waals surface area contributed by atoms with Gasteiger partial charge in [-0.1, -0.05) is 12.1 Å². The number of rotatable bonds is 7. The fourth-order valence-corrected chi connectivity index (χ4v) is 4.57. The molecule has 2 aromatic rings. The van der Waals surface area contributed by atoms with Crippen LogP contribution < -0.4 is 9.04 Å². The number of non-ortho nitro benzene ring substituents is 1. The summed E-state index contributed by atoms with van der Waals surface area (Å²) in [4.78, 5) is 10.5. The monoisotopic (exact) mass is 440 g/mol. The van der Waals surface area contributed by atoms with Crippen LogP contribution in [-0.2, 0) is 10.0 Å². The van der Waals surface area contributed by atoms with Gasteiger partial charge in [-0.2, -0.15) is 0 Å². The highest BCUT2D eigenvalue weighted by Gasteiger charge is 2.27. The van der Waals surface area contributed by atoms with E-state index >= 15 is 0 Å². The fourth-order valence-electron chi connectivity index (χ4n) is 2.36. The molecule has 7 nitrogen and oxygen atoms in total. The van der Waals surface area contributed by atoms with Gasteiger partial charge in [-0.3, -0.25) is 14.4 Å². The van der Waals surface area contributed by atoms with E-state index in [4.69, 9.17) is 4.74 Å². The van der Waals surface area contributed by atoms with Crippen LogP contribution in [0.25, 0.3) is 0 Å². The largest absolute Gasteiger partial charge is 0.496 e. The minimum absolute atomic E-state index is 0.0259. The Balaban J connectivity index is 2.62. The van der Waals surface area contributed by atoms with E-state index in [1.165, 1.54) is 49.6 Å². The number of aryl methyl sites for hydroxylation is 1. The summed E-state index contributed by atoms with van der Waals surface area (Å²) in [7, 11) is -2.50. The average molecular weight is 441 g/mol. The molecule has 2 aromatic carbocycles. The Morgan fingerprint density at radius 1 is 1.31 bits per heavy atom. The third-order valence-electron chi connectivity index (χ3n) is 3.68. The van der Waals surface area contributed by atoms with Crippen molar-refractivity contribution < 1.29 is 18.1 Å². The van der Waals surface area contributed by atoms with Crippen LogP contribution in [0.1, 0.15) is 5.56 Å². The van der Waals surface area contributed by atoms with Crippen molar-refractivity contribution >= 4 is 37.3 Å². The van der Waals surface area contributed by atoms with E-state index in [1.54, 1.807) is 6.92 Å². The van der Waals surface area contributed by atoms with E-state index in [0.717, 1.165) is 4.31 Å². The van der Waals surface area contributed by atoms with E-state index in [1.807, 2.05) is 0 Å². The predicted molar refractivity (Wildman–Crippen MR) is 103 cm³/mol. The molecule has 0 N–H and O–H groups in total. The summed E-state index contributed by atoms with van der Waals surface area (Å²) in [5.74, 6) is 0.491. The minimum Gasteiger partial charge on any atom is -0.496 e. The van der Waals surface area contributed by atoms with Crippen molar-refractivity contribution in [1.29, 1.82) is 0 Å². The second kappa shape index (κ2) is 7.88. The smallest absolute Gasteiger partial charge is 0.271 e. The zero-order valence-electron chi connectivity index (χ0n) is 14.2. The molecule has 0 saturated heterocycles. The molecular formula is C17H17BrN2O5S. The second-order valence-corrected chi connectivity index (χ2v) is 8.07. The van der Waals surface area contributed by atoms with Gasteiger partial charge >= 0.3 is 0 Å². The van der Waals surface area contributed by atoms with E-state index in [2.05, 4.69) is 22.5 Å². The van der Waals surface area contributed by atoms with Crippen LogP contribution in [0.2, 0.25) is 0 Å². The number of sulfonamides is 1. The summed E-state index contributed by atoms with van der Waals surface area (Å²) >= 11 is 3.27. The number of anilines is 1. The number of nitrogens with zero attached hydrogens (tertiary/aromatic N) is 2. The maximum absolute atomic E-state index is 13.2. The zero-order valence-corrected chi connectivity index (χ0v) is 16.6. The van der Waals surface area contributed by atoms with Crippen molar-refractivity contribution in [3.05, 3.63) is 69.2 Å². The van der Waals surface area contributed by atoms with Gasteiger partial charge in [0.15, 0.2) is 0 Å². The van der Waals surface area contributed by atoms with Crippen LogP contribution in [0.3, 0.4) is 0 Å². The number of benzene rings is 2. The molecule has 0 aromatic heterocycles. The van der Waals surface area contributed by atoms with Crippen molar-refractivity contribution in [1.82, 2.24) is 0 Å². The second-order valence-electron chi connectivity index (χ2n) is 5.35. The van der Waals surface area contributed by atoms with Crippen LogP contribution in [-0.4, -0.2) is 27.0 Å². The molecule has 2 rings (SSSR count). The third-order valence-corrected chi connectivity index (χ3v) is 6.07. The Morgan fingerprint density at radius 3 is 2.54 bits per heavy atom. The Morgan fingerprint density at radius 2 is 2.00 bits per heavy atom. The van der Waals surface area contributed by atoms with Gasteiger partial charge in [-0.05, 0) is 46.6 Å². The van der Waals surface area contributed by atoms with Crippen LogP contribution in [0.4, 0.5) is 11.4 Å². The highest BCUT2D eigenvalue weighted by molar-refractivity contribution is 9.10. The van der Waals surface area contributed by atoms with Gasteiger partial charge in [0.05, 0.1) is 33.6 Å². The number of nitro benzene ring substituents is 1. The van der Waals surface area contributed by atoms with Gasteiger partial charge in [0.25, 0.3) is 15.7 Å².